The molecule has 0 fully saturated rings. The van der Waals surface area contributed by atoms with Crippen molar-refractivity contribution in [3.05, 3.63) is 70.4 Å². The fourth-order valence-electron chi connectivity index (χ4n) is 5.18. The van der Waals surface area contributed by atoms with Gasteiger partial charge in [-0.1, -0.05) is 40.9 Å². The summed E-state index contributed by atoms with van der Waals surface area (Å²) in [7, 11) is 0. The summed E-state index contributed by atoms with van der Waals surface area (Å²) in [5.74, 6) is 0.801. The van der Waals surface area contributed by atoms with E-state index >= 15 is 0 Å². The lowest BCUT2D eigenvalue weighted by molar-refractivity contribution is 0.700. The number of nitrogens with one attached hydrogen (secondary N) is 1. The number of thiophene rings is 2. The van der Waals surface area contributed by atoms with Crippen molar-refractivity contribution >= 4 is 107 Å². The van der Waals surface area contributed by atoms with Gasteiger partial charge in [-0.15, -0.1) is 22.7 Å². The molecule has 0 amide bonds. The van der Waals surface area contributed by atoms with Crippen molar-refractivity contribution in [3.8, 4) is 0 Å². The number of hydrogen-bond donors (Lipinski definition) is 1. The molecule has 0 radical (unpaired) electrons. The molecule has 1 aromatic carbocycles. The monoisotopic (exact) mass is 655 g/mol. The van der Waals surface area contributed by atoms with Gasteiger partial charge in [-0.05, 0) is 103 Å². The summed E-state index contributed by atoms with van der Waals surface area (Å²) in [5, 5.41) is 7.68. The first-order valence-corrected chi connectivity index (χ1v) is 16.2. The van der Waals surface area contributed by atoms with Crippen molar-refractivity contribution in [1.29, 1.82) is 0 Å². The molecule has 4 aromatic heterocycles. The van der Waals surface area contributed by atoms with Crippen LogP contribution < -0.4 is 5.32 Å². The highest BCUT2D eigenvalue weighted by Crippen LogP contribution is 2.40. The van der Waals surface area contributed by atoms with Gasteiger partial charge in [0.2, 0.25) is 10.6 Å². The van der Waals surface area contributed by atoms with Gasteiger partial charge in [0.15, 0.2) is 0 Å². The third-order valence-electron chi connectivity index (χ3n) is 6.97. The minimum Gasteiger partial charge on any atom is -0.365 e. The fraction of sp³-hybridized carbons (Fsp3) is 0.333. The summed E-state index contributed by atoms with van der Waals surface area (Å²) in [5.41, 5.74) is 3.77. The second-order valence-electron chi connectivity index (χ2n) is 9.51. The Morgan fingerprint density at radius 1 is 0.667 bits per heavy atom. The van der Waals surface area contributed by atoms with Crippen LogP contribution in [0.15, 0.2) is 18.2 Å². The molecule has 7 rings (SSSR count). The Bertz CT molecular complexity index is 1700. The van der Waals surface area contributed by atoms with E-state index in [4.69, 9.17) is 58.0 Å². The summed E-state index contributed by atoms with van der Waals surface area (Å²) in [6.07, 6.45) is 9.41. The molecule has 4 heterocycles. The number of nitrogens with zero attached hydrogens (tertiary/aromatic N) is 4. The van der Waals surface area contributed by atoms with Gasteiger partial charge in [0.05, 0.1) is 20.8 Å². The predicted molar refractivity (Wildman–Crippen MR) is 167 cm³/mol. The van der Waals surface area contributed by atoms with Crippen LogP contribution in [0.2, 0.25) is 25.8 Å². The fourth-order valence-corrected chi connectivity index (χ4v) is 8.85. The van der Waals surface area contributed by atoms with E-state index in [1.807, 2.05) is 12.1 Å². The van der Waals surface area contributed by atoms with Crippen LogP contribution in [-0.4, -0.2) is 19.9 Å². The zero-order chi connectivity index (χ0) is 27.1. The van der Waals surface area contributed by atoms with Crippen LogP contribution in [0.3, 0.4) is 0 Å². The average molecular weight is 658 g/mol. The molecule has 0 unspecified atom stereocenters. The number of aromatic nitrogens is 4. The molecule has 0 saturated heterocycles. The van der Waals surface area contributed by atoms with Crippen molar-refractivity contribution in [3.63, 3.8) is 0 Å². The highest BCUT2D eigenvalue weighted by molar-refractivity contribution is 7.19. The highest BCUT2D eigenvalue weighted by atomic mass is 35.5. The molecule has 5 aromatic rings. The average Bonchev–Trinajstić information content (AvgIpc) is 3.47. The van der Waals surface area contributed by atoms with Gasteiger partial charge < -0.3 is 5.32 Å². The van der Waals surface area contributed by atoms with Gasteiger partial charge in [0, 0.05) is 16.3 Å². The maximum absolute atomic E-state index is 6.12. The zero-order valence-corrected chi connectivity index (χ0v) is 26.0. The van der Waals surface area contributed by atoms with Crippen molar-refractivity contribution < 1.29 is 0 Å². The quantitative estimate of drug-likeness (QED) is 0.155. The van der Waals surface area contributed by atoms with Crippen molar-refractivity contribution in [2.24, 2.45) is 0 Å². The van der Waals surface area contributed by atoms with Crippen LogP contribution in [0, 0.1) is 0 Å². The first-order valence-electron chi connectivity index (χ1n) is 12.7. The number of halogens is 5. The molecule has 0 atom stereocenters. The Balaban J connectivity index is 0.000000158. The standard InChI is InChI=1S/C17H14Cl3N3S.C10H8Cl2N2S/c18-11-6-5-9(7-12(11)19)8-21-15-14-10-3-1-2-4-13(10)24-16(14)23-17(20)22-15;11-8-7-5-3-1-2-4-6(5)15-9(7)14-10(12)13-8/h5-7H,1-4,8H2,(H,21,22,23);1-4H2. The molecule has 202 valence electrons. The summed E-state index contributed by atoms with van der Waals surface area (Å²) in [4.78, 5) is 21.8. The number of rotatable bonds is 3. The Hall–Kier alpha value is -1.45. The molecule has 0 bridgehead atoms. The lowest BCUT2D eigenvalue weighted by Gasteiger charge is -2.13. The maximum Gasteiger partial charge on any atom is 0.225 e. The maximum atomic E-state index is 6.12. The van der Waals surface area contributed by atoms with Gasteiger partial charge >= 0.3 is 0 Å². The van der Waals surface area contributed by atoms with E-state index in [1.165, 1.54) is 46.6 Å². The van der Waals surface area contributed by atoms with Gasteiger partial charge in [0.25, 0.3) is 0 Å². The van der Waals surface area contributed by atoms with E-state index in [0.717, 1.165) is 57.5 Å². The van der Waals surface area contributed by atoms with Crippen LogP contribution in [0.4, 0.5) is 5.82 Å². The number of benzene rings is 1. The third-order valence-corrected chi connectivity index (χ3v) is 10.7. The Labute approximate surface area is 258 Å². The minimum atomic E-state index is 0.242. The number of hydrogen-bond acceptors (Lipinski definition) is 7. The first-order chi connectivity index (χ1) is 18.9. The SMILES string of the molecule is Clc1nc(Cl)c2c3c(sc2n1)CCCC3.Clc1nc(NCc2ccc(Cl)c(Cl)c2)c2c3c(sc2n1)CCCC3. The molecular weight excluding hydrogens is 636 g/mol. The van der Waals surface area contributed by atoms with E-state index < -0.39 is 0 Å². The van der Waals surface area contributed by atoms with Crippen LogP contribution in [0.1, 0.15) is 52.1 Å². The molecule has 12 heteroatoms. The zero-order valence-electron chi connectivity index (χ0n) is 20.6. The molecule has 2 aliphatic carbocycles. The number of anilines is 1. The normalized spacial score (nSPS) is 14.6. The Morgan fingerprint density at radius 3 is 1.92 bits per heavy atom. The molecule has 0 spiro atoms. The van der Waals surface area contributed by atoms with E-state index in [1.54, 1.807) is 28.7 Å². The van der Waals surface area contributed by atoms with Crippen molar-refractivity contribution in [1.82, 2.24) is 19.9 Å². The summed E-state index contributed by atoms with van der Waals surface area (Å²) >= 11 is 33.5. The van der Waals surface area contributed by atoms with Gasteiger partial charge in [-0.3, -0.25) is 0 Å². The summed E-state index contributed by atoms with van der Waals surface area (Å²) < 4.78 is 0. The van der Waals surface area contributed by atoms with E-state index in [9.17, 15) is 0 Å². The van der Waals surface area contributed by atoms with Gasteiger partial charge in [0.1, 0.15) is 20.6 Å². The Kier molecular flexibility index (Phi) is 8.39. The van der Waals surface area contributed by atoms with Crippen LogP contribution in [0.5, 0.6) is 0 Å². The van der Waals surface area contributed by atoms with E-state index in [2.05, 4.69) is 25.3 Å². The lowest BCUT2D eigenvalue weighted by Crippen LogP contribution is -2.05. The smallest absolute Gasteiger partial charge is 0.225 e. The summed E-state index contributed by atoms with van der Waals surface area (Å²) in [6.45, 7) is 0.601. The van der Waals surface area contributed by atoms with Gasteiger partial charge in [-0.25, -0.2) is 19.9 Å². The second-order valence-corrected chi connectivity index (χ2v) is 13.5. The molecular formula is C27H22Cl5N5S2. The number of aryl methyl sites for hydroxylation is 4. The van der Waals surface area contributed by atoms with Gasteiger partial charge in [-0.2, -0.15) is 0 Å². The van der Waals surface area contributed by atoms with Crippen molar-refractivity contribution in [2.45, 2.75) is 57.9 Å². The number of fused-ring (bicyclic) bond motifs is 6. The first kappa shape index (κ1) is 27.7. The Morgan fingerprint density at radius 2 is 1.26 bits per heavy atom. The third kappa shape index (κ3) is 5.82. The molecule has 5 nitrogen and oxygen atoms in total. The summed E-state index contributed by atoms with van der Waals surface area (Å²) in [6, 6.07) is 5.61. The highest BCUT2D eigenvalue weighted by Gasteiger charge is 2.21. The predicted octanol–water partition coefficient (Wildman–Crippen LogP) is 10.0. The lowest BCUT2D eigenvalue weighted by atomic mass is 9.97. The second kappa shape index (κ2) is 11.8. The van der Waals surface area contributed by atoms with Crippen LogP contribution in [-0.2, 0) is 32.2 Å². The largest absolute Gasteiger partial charge is 0.365 e. The van der Waals surface area contributed by atoms with Crippen LogP contribution in [0.25, 0.3) is 20.4 Å². The molecule has 0 aliphatic heterocycles. The van der Waals surface area contributed by atoms with E-state index in [0.29, 0.717) is 21.7 Å². The molecule has 0 saturated carbocycles. The van der Waals surface area contributed by atoms with Crippen LogP contribution >= 0.6 is 80.7 Å². The molecule has 1 N–H and O–H groups in total. The minimum absolute atomic E-state index is 0.242. The molecule has 2 aliphatic rings. The van der Waals surface area contributed by atoms with Crippen molar-refractivity contribution in [2.75, 3.05) is 5.32 Å². The topological polar surface area (TPSA) is 63.6 Å². The van der Waals surface area contributed by atoms with E-state index in [-0.39, 0.29) is 10.6 Å². The molecule has 39 heavy (non-hydrogen) atoms.